The Morgan fingerprint density at radius 1 is 1.53 bits per heavy atom. The summed E-state index contributed by atoms with van der Waals surface area (Å²) in [5.41, 5.74) is -0.342. The summed E-state index contributed by atoms with van der Waals surface area (Å²) in [5.74, 6) is 0.446. The Hall–Kier alpha value is -1.69. The molecule has 6 nitrogen and oxygen atoms in total. The fraction of sp³-hybridized carbons (Fsp3) is 0.545. The van der Waals surface area contributed by atoms with Crippen LogP contribution in [-0.2, 0) is 4.79 Å². The minimum Gasteiger partial charge on any atom is -0.476 e. The Morgan fingerprint density at radius 3 is 2.82 bits per heavy atom. The predicted molar refractivity (Wildman–Crippen MR) is 62.7 cm³/mol. The smallest absolute Gasteiger partial charge is 0.234 e. The highest BCUT2D eigenvalue weighted by atomic mass is 16.5. The van der Waals surface area contributed by atoms with Crippen LogP contribution < -0.4 is 10.1 Å². The summed E-state index contributed by atoms with van der Waals surface area (Å²) >= 11 is 0. The number of amides is 1. The van der Waals surface area contributed by atoms with E-state index in [1.807, 2.05) is 13.8 Å². The molecule has 0 unspecified atom stereocenters. The summed E-state index contributed by atoms with van der Waals surface area (Å²) in [4.78, 5) is 18.8. The molecule has 0 bridgehead atoms. The maximum atomic E-state index is 10.8. The molecule has 1 aromatic rings. The molecule has 0 spiro atoms. The van der Waals surface area contributed by atoms with E-state index in [1.54, 1.807) is 0 Å². The Kier molecular flexibility index (Phi) is 4.39. The van der Waals surface area contributed by atoms with Gasteiger partial charge in [0.25, 0.3) is 0 Å². The van der Waals surface area contributed by atoms with E-state index < -0.39 is 0 Å². The maximum absolute atomic E-state index is 10.8. The van der Waals surface area contributed by atoms with Crippen LogP contribution in [0.25, 0.3) is 0 Å². The van der Waals surface area contributed by atoms with Gasteiger partial charge in [-0.25, -0.2) is 0 Å². The third-order valence-corrected chi connectivity index (χ3v) is 1.96. The van der Waals surface area contributed by atoms with Gasteiger partial charge >= 0.3 is 0 Å². The summed E-state index contributed by atoms with van der Waals surface area (Å²) in [6.07, 6.45) is 2.89. The molecule has 17 heavy (non-hydrogen) atoms. The number of anilines is 1. The van der Waals surface area contributed by atoms with E-state index in [2.05, 4.69) is 15.3 Å². The molecule has 1 heterocycles. The second-order valence-corrected chi connectivity index (χ2v) is 4.53. The topological polar surface area (TPSA) is 84.3 Å². The molecule has 0 atom stereocenters. The summed E-state index contributed by atoms with van der Waals surface area (Å²) in [6, 6.07) is 0. The second-order valence-electron chi connectivity index (χ2n) is 4.53. The van der Waals surface area contributed by atoms with Crippen molar-refractivity contribution in [1.29, 1.82) is 0 Å². The molecule has 2 N–H and O–H groups in total. The van der Waals surface area contributed by atoms with E-state index in [1.165, 1.54) is 19.3 Å². The minimum absolute atomic E-state index is 0.0197. The van der Waals surface area contributed by atoms with E-state index in [0.717, 1.165) is 0 Å². The molecule has 1 rings (SSSR count). The Balaban J connectivity index is 2.63. The van der Waals surface area contributed by atoms with Gasteiger partial charge in [0.15, 0.2) is 5.82 Å². The number of nitrogens with one attached hydrogen (secondary N) is 1. The Labute approximate surface area is 100 Å². The summed E-state index contributed by atoms with van der Waals surface area (Å²) < 4.78 is 5.40. The van der Waals surface area contributed by atoms with Gasteiger partial charge in [-0.2, -0.15) is 4.98 Å². The molecular weight excluding hydrogens is 222 g/mol. The van der Waals surface area contributed by atoms with Crippen LogP contribution in [0.1, 0.15) is 20.8 Å². The van der Waals surface area contributed by atoms with Crippen molar-refractivity contribution in [2.24, 2.45) is 5.41 Å². The molecule has 94 valence electrons. The first-order chi connectivity index (χ1) is 7.93. The number of ether oxygens (including phenoxy) is 1. The first-order valence-electron chi connectivity index (χ1n) is 5.26. The molecule has 1 aromatic heterocycles. The van der Waals surface area contributed by atoms with Gasteiger partial charge in [0.1, 0.15) is 0 Å². The lowest BCUT2D eigenvalue weighted by Crippen LogP contribution is -2.25. The van der Waals surface area contributed by atoms with E-state index in [0.29, 0.717) is 18.3 Å². The van der Waals surface area contributed by atoms with E-state index >= 15 is 0 Å². The number of hydrogen-bond acceptors (Lipinski definition) is 5. The fourth-order valence-electron chi connectivity index (χ4n) is 0.973. The number of hydrogen-bond donors (Lipinski definition) is 2. The lowest BCUT2D eigenvalue weighted by atomic mass is 9.97. The van der Waals surface area contributed by atoms with Crippen LogP contribution in [0.4, 0.5) is 5.82 Å². The molecule has 0 aliphatic carbocycles. The Morgan fingerprint density at radius 2 is 2.24 bits per heavy atom. The molecule has 1 amide bonds. The van der Waals surface area contributed by atoms with Crippen LogP contribution in [0.3, 0.4) is 0 Å². The number of aliphatic hydroxyl groups is 1. The lowest BCUT2D eigenvalue weighted by molar-refractivity contribution is -0.114. The third kappa shape index (κ3) is 4.78. The molecule has 6 heteroatoms. The van der Waals surface area contributed by atoms with Gasteiger partial charge in [-0.1, -0.05) is 13.8 Å². The first kappa shape index (κ1) is 13.4. The number of carbonyl (C=O) groups is 1. The van der Waals surface area contributed by atoms with Crippen molar-refractivity contribution in [2.75, 3.05) is 18.5 Å². The van der Waals surface area contributed by atoms with E-state index in [4.69, 9.17) is 9.84 Å². The van der Waals surface area contributed by atoms with Crippen molar-refractivity contribution in [2.45, 2.75) is 20.8 Å². The van der Waals surface area contributed by atoms with Gasteiger partial charge < -0.3 is 15.2 Å². The lowest BCUT2D eigenvalue weighted by Gasteiger charge is -2.21. The van der Waals surface area contributed by atoms with Crippen molar-refractivity contribution in [3.05, 3.63) is 12.4 Å². The average Bonchev–Trinajstić information content (AvgIpc) is 2.26. The summed E-state index contributed by atoms with van der Waals surface area (Å²) in [5, 5.41) is 11.6. The SMILES string of the molecule is CC(=O)Nc1cncc(OCC(C)(C)CO)n1. The molecule has 0 aromatic carbocycles. The zero-order valence-corrected chi connectivity index (χ0v) is 10.2. The zero-order valence-electron chi connectivity index (χ0n) is 10.2. The highest BCUT2D eigenvalue weighted by Crippen LogP contribution is 2.16. The van der Waals surface area contributed by atoms with Gasteiger partial charge in [-0.05, 0) is 0 Å². The molecule has 0 fully saturated rings. The maximum Gasteiger partial charge on any atom is 0.234 e. The van der Waals surface area contributed by atoms with Gasteiger partial charge in [-0.3, -0.25) is 9.78 Å². The van der Waals surface area contributed by atoms with Crippen LogP contribution in [-0.4, -0.2) is 34.2 Å². The van der Waals surface area contributed by atoms with Gasteiger partial charge in [0.05, 0.1) is 25.6 Å². The predicted octanol–water partition coefficient (Wildman–Crippen LogP) is 0.832. The Bertz CT molecular complexity index is 393. The van der Waals surface area contributed by atoms with Crippen molar-refractivity contribution < 1.29 is 14.6 Å². The van der Waals surface area contributed by atoms with Crippen molar-refractivity contribution in [3.8, 4) is 5.88 Å². The number of aliphatic hydroxyl groups excluding tert-OH is 1. The standard InChI is InChI=1S/C11H17N3O3/c1-8(16)13-9-4-12-5-10(14-9)17-7-11(2,3)6-15/h4-5,15H,6-7H2,1-3H3,(H,13,14,16). The third-order valence-electron chi connectivity index (χ3n) is 1.96. The largest absolute Gasteiger partial charge is 0.476 e. The average molecular weight is 239 g/mol. The van der Waals surface area contributed by atoms with Gasteiger partial charge in [-0.15, -0.1) is 0 Å². The molecule has 0 aliphatic heterocycles. The van der Waals surface area contributed by atoms with Crippen molar-refractivity contribution >= 4 is 11.7 Å². The van der Waals surface area contributed by atoms with Crippen molar-refractivity contribution in [3.63, 3.8) is 0 Å². The minimum atomic E-state index is -0.342. The summed E-state index contributed by atoms with van der Waals surface area (Å²) in [6.45, 7) is 5.48. The van der Waals surface area contributed by atoms with Crippen molar-refractivity contribution in [1.82, 2.24) is 9.97 Å². The fourth-order valence-corrected chi connectivity index (χ4v) is 0.973. The van der Waals surface area contributed by atoms with Crippen LogP contribution in [0, 0.1) is 5.41 Å². The van der Waals surface area contributed by atoms with Gasteiger partial charge in [0.2, 0.25) is 11.8 Å². The van der Waals surface area contributed by atoms with Crippen LogP contribution >= 0.6 is 0 Å². The molecule has 0 radical (unpaired) electrons. The number of rotatable bonds is 5. The highest BCUT2D eigenvalue weighted by molar-refractivity contribution is 5.87. The molecule has 0 saturated heterocycles. The van der Waals surface area contributed by atoms with Crippen LogP contribution in [0.5, 0.6) is 5.88 Å². The quantitative estimate of drug-likeness (QED) is 0.795. The molecule has 0 aliphatic rings. The zero-order chi connectivity index (χ0) is 12.9. The number of aromatic nitrogens is 2. The number of nitrogens with zero attached hydrogens (tertiary/aromatic N) is 2. The van der Waals surface area contributed by atoms with E-state index in [-0.39, 0.29) is 17.9 Å². The molecule has 0 saturated carbocycles. The highest BCUT2D eigenvalue weighted by Gasteiger charge is 2.17. The normalized spacial score (nSPS) is 11.1. The second kappa shape index (κ2) is 5.58. The monoisotopic (exact) mass is 239 g/mol. The number of carbonyl (C=O) groups excluding carboxylic acids is 1. The van der Waals surface area contributed by atoms with Gasteiger partial charge in [0, 0.05) is 12.3 Å². The van der Waals surface area contributed by atoms with E-state index in [9.17, 15) is 4.79 Å². The molecular formula is C11H17N3O3. The van der Waals surface area contributed by atoms with Crippen LogP contribution in [0.15, 0.2) is 12.4 Å². The first-order valence-corrected chi connectivity index (χ1v) is 5.26. The van der Waals surface area contributed by atoms with Crippen LogP contribution in [0.2, 0.25) is 0 Å². The summed E-state index contributed by atoms with van der Waals surface area (Å²) in [7, 11) is 0.